The van der Waals surface area contributed by atoms with Crippen LogP contribution in [0.15, 0.2) is 48.5 Å². The second-order valence-corrected chi connectivity index (χ2v) is 4.93. The molecular formula is C18H20N2O. The van der Waals surface area contributed by atoms with Gasteiger partial charge in [-0.2, -0.15) is 5.26 Å². The summed E-state index contributed by atoms with van der Waals surface area (Å²) in [6.07, 6.45) is 1.06. The van der Waals surface area contributed by atoms with E-state index in [9.17, 15) is 0 Å². The van der Waals surface area contributed by atoms with Gasteiger partial charge in [-0.25, -0.2) is 0 Å². The van der Waals surface area contributed by atoms with Crippen LogP contribution in [0.5, 0.6) is 5.75 Å². The topological polar surface area (TPSA) is 45.0 Å². The van der Waals surface area contributed by atoms with Crippen molar-refractivity contribution in [1.82, 2.24) is 0 Å². The maximum absolute atomic E-state index is 8.49. The highest BCUT2D eigenvalue weighted by atomic mass is 16.5. The van der Waals surface area contributed by atoms with E-state index in [-0.39, 0.29) is 12.6 Å². The zero-order valence-corrected chi connectivity index (χ0v) is 12.5. The van der Waals surface area contributed by atoms with Gasteiger partial charge in [0, 0.05) is 11.7 Å². The smallest absolute Gasteiger partial charge is 0.174 e. The number of anilines is 1. The van der Waals surface area contributed by atoms with Crippen LogP contribution in [-0.2, 0) is 6.42 Å². The average Bonchev–Trinajstić information content (AvgIpc) is 2.54. The monoisotopic (exact) mass is 280 g/mol. The summed E-state index contributed by atoms with van der Waals surface area (Å²) in [6, 6.07) is 18.5. The summed E-state index contributed by atoms with van der Waals surface area (Å²) in [6.45, 7) is 4.36. The Bertz CT molecular complexity index is 597. The van der Waals surface area contributed by atoms with Gasteiger partial charge >= 0.3 is 0 Å². The number of nitriles is 1. The molecule has 0 fully saturated rings. The third-order valence-corrected chi connectivity index (χ3v) is 3.43. The molecule has 0 heterocycles. The third-order valence-electron chi connectivity index (χ3n) is 3.43. The van der Waals surface area contributed by atoms with Gasteiger partial charge in [-0.05, 0) is 48.7 Å². The molecule has 0 spiro atoms. The molecule has 21 heavy (non-hydrogen) atoms. The molecule has 0 aliphatic rings. The first-order chi connectivity index (χ1) is 10.2. The second kappa shape index (κ2) is 7.35. The van der Waals surface area contributed by atoms with Crippen LogP contribution in [0, 0.1) is 11.3 Å². The zero-order chi connectivity index (χ0) is 15.1. The number of hydrogen-bond acceptors (Lipinski definition) is 3. The highest BCUT2D eigenvalue weighted by Gasteiger charge is 2.05. The number of nitrogens with one attached hydrogen (secondary N) is 1. The number of nitrogens with zero attached hydrogens (tertiary/aromatic N) is 1. The van der Waals surface area contributed by atoms with Crippen molar-refractivity contribution < 1.29 is 4.74 Å². The summed E-state index contributed by atoms with van der Waals surface area (Å²) in [7, 11) is 0. The second-order valence-electron chi connectivity index (χ2n) is 4.93. The Labute approximate surface area is 126 Å². The van der Waals surface area contributed by atoms with Crippen molar-refractivity contribution >= 4 is 5.69 Å². The van der Waals surface area contributed by atoms with Crippen molar-refractivity contribution in [1.29, 1.82) is 5.26 Å². The fourth-order valence-corrected chi connectivity index (χ4v) is 2.14. The maximum Gasteiger partial charge on any atom is 0.174 e. The van der Waals surface area contributed by atoms with E-state index in [1.807, 2.05) is 30.3 Å². The van der Waals surface area contributed by atoms with Crippen LogP contribution >= 0.6 is 0 Å². The van der Waals surface area contributed by atoms with Crippen molar-refractivity contribution in [2.75, 3.05) is 11.9 Å². The fraction of sp³-hybridized carbons (Fsp3) is 0.278. The Morgan fingerprint density at radius 3 is 2.33 bits per heavy atom. The van der Waals surface area contributed by atoms with Crippen LogP contribution < -0.4 is 10.1 Å². The van der Waals surface area contributed by atoms with Crippen molar-refractivity contribution in [2.24, 2.45) is 0 Å². The Morgan fingerprint density at radius 1 is 1.10 bits per heavy atom. The molecule has 3 heteroatoms. The predicted molar refractivity (Wildman–Crippen MR) is 85.4 cm³/mol. The lowest BCUT2D eigenvalue weighted by Gasteiger charge is -2.16. The Morgan fingerprint density at radius 2 is 1.76 bits per heavy atom. The average molecular weight is 280 g/mol. The molecule has 2 aromatic carbocycles. The van der Waals surface area contributed by atoms with Crippen molar-refractivity contribution in [3.05, 3.63) is 59.7 Å². The minimum Gasteiger partial charge on any atom is -0.479 e. The minimum absolute atomic E-state index is 0.0803. The van der Waals surface area contributed by atoms with Crippen molar-refractivity contribution in [2.45, 2.75) is 26.3 Å². The van der Waals surface area contributed by atoms with Gasteiger partial charge in [0.15, 0.2) is 6.61 Å². The van der Waals surface area contributed by atoms with Crippen LogP contribution in [0.4, 0.5) is 5.69 Å². The predicted octanol–water partition coefficient (Wildman–Crippen LogP) is 4.32. The standard InChI is InChI=1S/C18H20N2O/c1-3-15-4-8-17(9-5-15)20-14(2)16-6-10-18(11-7-16)21-13-12-19/h4-11,14,20H,3,13H2,1-2H3. The van der Waals surface area contributed by atoms with Gasteiger partial charge in [-0.3, -0.25) is 0 Å². The molecular weight excluding hydrogens is 260 g/mol. The molecule has 0 radical (unpaired) electrons. The van der Waals surface area contributed by atoms with Crippen molar-refractivity contribution in [3.8, 4) is 11.8 Å². The molecule has 2 aromatic rings. The van der Waals surface area contributed by atoms with Gasteiger partial charge in [0.05, 0.1) is 0 Å². The van der Waals surface area contributed by atoms with Crippen LogP contribution in [-0.4, -0.2) is 6.61 Å². The third kappa shape index (κ3) is 4.25. The largest absolute Gasteiger partial charge is 0.479 e. The van der Waals surface area contributed by atoms with E-state index in [4.69, 9.17) is 10.00 Å². The van der Waals surface area contributed by atoms with Gasteiger partial charge in [-0.15, -0.1) is 0 Å². The summed E-state index contributed by atoms with van der Waals surface area (Å²) < 4.78 is 5.25. The highest BCUT2D eigenvalue weighted by Crippen LogP contribution is 2.22. The summed E-state index contributed by atoms with van der Waals surface area (Å²) >= 11 is 0. The SMILES string of the molecule is CCc1ccc(NC(C)c2ccc(OCC#N)cc2)cc1. The summed E-state index contributed by atoms with van der Waals surface area (Å²) in [5.74, 6) is 0.722. The fourth-order valence-electron chi connectivity index (χ4n) is 2.14. The van der Waals surface area contributed by atoms with E-state index >= 15 is 0 Å². The van der Waals surface area contributed by atoms with E-state index in [1.54, 1.807) is 0 Å². The molecule has 3 nitrogen and oxygen atoms in total. The van der Waals surface area contributed by atoms with Crippen LogP contribution in [0.3, 0.4) is 0 Å². The number of ether oxygens (including phenoxy) is 1. The first-order valence-corrected chi connectivity index (χ1v) is 7.18. The minimum atomic E-state index is 0.0803. The van der Waals surface area contributed by atoms with Gasteiger partial charge < -0.3 is 10.1 Å². The number of aryl methyl sites for hydroxylation is 1. The van der Waals surface area contributed by atoms with Crippen LogP contribution in [0.25, 0.3) is 0 Å². The van der Waals surface area contributed by atoms with Gasteiger partial charge in [0.1, 0.15) is 11.8 Å². The highest BCUT2D eigenvalue weighted by molar-refractivity contribution is 5.47. The molecule has 1 atom stereocenters. The Kier molecular flexibility index (Phi) is 5.22. The quantitative estimate of drug-likeness (QED) is 0.856. The van der Waals surface area contributed by atoms with Crippen LogP contribution in [0.2, 0.25) is 0 Å². The zero-order valence-electron chi connectivity index (χ0n) is 12.5. The molecule has 0 saturated heterocycles. The normalized spacial score (nSPS) is 11.5. The van der Waals surface area contributed by atoms with E-state index in [1.165, 1.54) is 11.1 Å². The van der Waals surface area contributed by atoms with E-state index in [0.29, 0.717) is 0 Å². The van der Waals surface area contributed by atoms with Crippen molar-refractivity contribution in [3.63, 3.8) is 0 Å². The molecule has 0 amide bonds. The number of rotatable bonds is 6. The first kappa shape index (κ1) is 14.9. The van der Waals surface area contributed by atoms with E-state index < -0.39 is 0 Å². The number of hydrogen-bond donors (Lipinski definition) is 1. The van der Waals surface area contributed by atoms with Crippen LogP contribution in [0.1, 0.15) is 31.0 Å². The Hall–Kier alpha value is -2.47. The molecule has 0 bridgehead atoms. The van der Waals surface area contributed by atoms with E-state index in [0.717, 1.165) is 17.9 Å². The summed E-state index contributed by atoms with van der Waals surface area (Å²) in [5, 5.41) is 12.0. The molecule has 2 rings (SSSR count). The Balaban J connectivity index is 1.98. The summed E-state index contributed by atoms with van der Waals surface area (Å²) in [5.41, 5.74) is 3.63. The molecule has 0 aliphatic carbocycles. The molecule has 0 aromatic heterocycles. The first-order valence-electron chi connectivity index (χ1n) is 7.18. The molecule has 108 valence electrons. The molecule has 0 saturated carbocycles. The van der Waals surface area contributed by atoms with Gasteiger partial charge in [0.2, 0.25) is 0 Å². The lowest BCUT2D eigenvalue weighted by atomic mass is 10.1. The lowest BCUT2D eigenvalue weighted by Crippen LogP contribution is -2.06. The maximum atomic E-state index is 8.49. The van der Waals surface area contributed by atoms with Gasteiger partial charge in [0.25, 0.3) is 0 Å². The summed E-state index contributed by atoms with van der Waals surface area (Å²) in [4.78, 5) is 0. The number of benzene rings is 2. The molecule has 0 aliphatic heterocycles. The van der Waals surface area contributed by atoms with Gasteiger partial charge in [-0.1, -0.05) is 31.2 Å². The molecule has 1 unspecified atom stereocenters. The molecule has 1 N–H and O–H groups in total. The van der Waals surface area contributed by atoms with E-state index in [2.05, 4.69) is 43.4 Å². The lowest BCUT2D eigenvalue weighted by molar-refractivity contribution is 0.368.